The van der Waals surface area contributed by atoms with E-state index in [4.69, 9.17) is 0 Å². The van der Waals surface area contributed by atoms with Gasteiger partial charge in [-0.3, -0.25) is 9.59 Å². The van der Waals surface area contributed by atoms with E-state index in [-0.39, 0.29) is 5.43 Å². The molecule has 0 aliphatic carbocycles. The second-order valence-corrected chi connectivity index (χ2v) is 4.21. The molecule has 1 aromatic rings. The molecule has 0 unspecified atom stereocenters. The summed E-state index contributed by atoms with van der Waals surface area (Å²) in [5.41, 5.74) is 0.178. The lowest BCUT2D eigenvalue weighted by molar-refractivity contribution is 0.401. The molecule has 0 atom stereocenters. The maximum Gasteiger partial charge on any atom is 0.253 e. The summed E-state index contributed by atoms with van der Waals surface area (Å²) in [6.45, 7) is 1.74. The van der Waals surface area contributed by atoms with Crippen molar-refractivity contribution in [3.05, 3.63) is 20.4 Å². The minimum atomic E-state index is -0.406. The standard InChI is InChI=1S/C11H19N3O2/c1-12-8-9(11(16)10(8)15)14(4)7-5-6-13(2)3/h12H,5-7H2,1-4H3. The van der Waals surface area contributed by atoms with E-state index in [0.29, 0.717) is 11.4 Å². The molecule has 1 N–H and O–H groups in total. The first kappa shape index (κ1) is 12.7. The number of rotatable bonds is 6. The van der Waals surface area contributed by atoms with Crippen molar-refractivity contribution in [3.8, 4) is 0 Å². The summed E-state index contributed by atoms with van der Waals surface area (Å²) in [4.78, 5) is 26.5. The van der Waals surface area contributed by atoms with E-state index in [1.54, 1.807) is 7.05 Å². The van der Waals surface area contributed by atoms with Gasteiger partial charge < -0.3 is 15.1 Å². The first-order valence-electron chi connectivity index (χ1n) is 5.36. The van der Waals surface area contributed by atoms with Crippen LogP contribution in [0.15, 0.2) is 9.59 Å². The Morgan fingerprint density at radius 3 is 2.19 bits per heavy atom. The largest absolute Gasteiger partial charge is 0.383 e. The number of nitrogens with one attached hydrogen (secondary N) is 1. The van der Waals surface area contributed by atoms with E-state index >= 15 is 0 Å². The van der Waals surface area contributed by atoms with Gasteiger partial charge >= 0.3 is 0 Å². The Morgan fingerprint density at radius 2 is 1.69 bits per heavy atom. The van der Waals surface area contributed by atoms with Gasteiger partial charge in [-0.2, -0.15) is 0 Å². The SMILES string of the molecule is CNc1c(N(C)CCCN(C)C)c(=O)c1=O. The fourth-order valence-corrected chi connectivity index (χ4v) is 1.71. The van der Waals surface area contributed by atoms with Crippen LogP contribution in [0.25, 0.3) is 0 Å². The third-order valence-electron chi connectivity index (χ3n) is 2.62. The van der Waals surface area contributed by atoms with Gasteiger partial charge in [0.25, 0.3) is 10.9 Å². The van der Waals surface area contributed by atoms with Gasteiger partial charge in [-0.1, -0.05) is 0 Å². The van der Waals surface area contributed by atoms with Crippen LogP contribution in [0.2, 0.25) is 0 Å². The summed E-state index contributed by atoms with van der Waals surface area (Å²) in [6, 6.07) is 0. The van der Waals surface area contributed by atoms with Crippen molar-refractivity contribution in [1.29, 1.82) is 0 Å². The number of nitrogens with zero attached hydrogens (tertiary/aromatic N) is 2. The zero-order valence-electron chi connectivity index (χ0n) is 10.3. The van der Waals surface area contributed by atoms with Crippen molar-refractivity contribution in [1.82, 2.24) is 4.90 Å². The molecule has 0 bridgehead atoms. The molecule has 0 spiro atoms. The highest BCUT2D eigenvalue weighted by molar-refractivity contribution is 5.74. The molecular formula is C11H19N3O2. The fraction of sp³-hybridized carbons (Fsp3) is 0.636. The molecule has 16 heavy (non-hydrogen) atoms. The van der Waals surface area contributed by atoms with Crippen LogP contribution in [0, 0.1) is 0 Å². The molecular weight excluding hydrogens is 206 g/mol. The maximum atomic E-state index is 11.4. The zero-order chi connectivity index (χ0) is 12.3. The summed E-state index contributed by atoms with van der Waals surface area (Å²) in [5.74, 6) is 0. The van der Waals surface area contributed by atoms with Crippen LogP contribution >= 0.6 is 0 Å². The highest BCUT2D eigenvalue weighted by atomic mass is 16.2. The predicted molar refractivity (Wildman–Crippen MR) is 67.3 cm³/mol. The van der Waals surface area contributed by atoms with E-state index in [0.717, 1.165) is 19.5 Å². The Kier molecular flexibility index (Phi) is 4.06. The molecule has 0 aliphatic rings. The van der Waals surface area contributed by atoms with E-state index in [1.165, 1.54) is 0 Å². The molecule has 0 fully saturated rings. The Hall–Kier alpha value is -1.36. The molecule has 0 radical (unpaired) electrons. The van der Waals surface area contributed by atoms with Gasteiger partial charge in [0.15, 0.2) is 0 Å². The fourth-order valence-electron chi connectivity index (χ4n) is 1.71. The smallest absolute Gasteiger partial charge is 0.253 e. The topological polar surface area (TPSA) is 52.6 Å². The summed E-state index contributed by atoms with van der Waals surface area (Å²) >= 11 is 0. The summed E-state index contributed by atoms with van der Waals surface area (Å²) in [7, 11) is 7.52. The summed E-state index contributed by atoms with van der Waals surface area (Å²) in [5, 5.41) is 2.77. The van der Waals surface area contributed by atoms with Crippen LogP contribution in [0.5, 0.6) is 0 Å². The number of hydrogen-bond donors (Lipinski definition) is 1. The first-order chi connectivity index (χ1) is 7.49. The Morgan fingerprint density at radius 1 is 1.06 bits per heavy atom. The molecule has 0 saturated heterocycles. The van der Waals surface area contributed by atoms with E-state index in [1.807, 2.05) is 26.0 Å². The molecule has 90 valence electrons. The van der Waals surface area contributed by atoms with Crippen molar-refractivity contribution in [2.45, 2.75) is 6.42 Å². The molecule has 0 saturated carbocycles. The Labute approximate surface area is 95.4 Å². The molecule has 0 aliphatic heterocycles. The lowest BCUT2D eigenvalue weighted by Crippen LogP contribution is -2.41. The van der Waals surface area contributed by atoms with Gasteiger partial charge in [-0.25, -0.2) is 0 Å². The Bertz CT molecular complexity index is 419. The minimum Gasteiger partial charge on any atom is -0.383 e. The maximum absolute atomic E-state index is 11.4. The van der Waals surface area contributed by atoms with Crippen LogP contribution in [-0.4, -0.2) is 46.2 Å². The number of hydrogen-bond acceptors (Lipinski definition) is 5. The third-order valence-corrected chi connectivity index (χ3v) is 2.62. The van der Waals surface area contributed by atoms with Gasteiger partial charge in [0, 0.05) is 20.6 Å². The van der Waals surface area contributed by atoms with E-state index < -0.39 is 5.43 Å². The average Bonchev–Trinajstić information content (AvgIpc) is 2.23. The van der Waals surface area contributed by atoms with Crippen LogP contribution in [0.1, 0.15) is 6.42 Å². The average molecular weight is 225 g/mol. The van der Waals surface area contributed by atoms with Crippen molar-refractivity contribution in [2.75, 3.05) is 51.5 Å². The quantitative estimate of drug-likeness (QED) is 0.674. The molecule has 0 heterocycles. The van der Waals surface area contributed by atoms with Crippen molar-refractivity contribution in [3.63, 3.8) is 0 Å². The van der Waals surface area contributed by atoms with Gasteiger partial charge in [-0.15, -0.1) is 0 Å². The van der Waals surface area contributed by atoms with Crippen molar-refractivity contribution in [2.24, 2.45) is 0 Å². The molecule has 0 aromatic heterocycles. The van der Waals surface area contributed by atoms with Gasteiger partial charge in [0.2, 0.25) is 0 Å². The van der Waals surface area contributed by atoms with Crippen LogP contribution in [0.3, 0.4) is 0 Å². The van der Waals surface area contributed by atoms with E-state index in [9.17, 15) is 9.59 Å². The second-order valence-electron chi connectivity index (χ2n) is 4.21. The summed E-state index contributed by atoms with van der Waals surface area (Å²) in [6.07, 6.45) is 0.964. The zero-order valence-corrected chi connectivity index (χ0v) is 10.3. The molecule has 1 rings (SSSR count). The summed E-state index contributed by atoms with van der Waals surface area (Å²) < 4.78 is 0. The molecule has 5 nitrogen and oxygen atoms in total. The lowest BCUT2D eigenvalue weighted by atomic mass is 10.1. The van der Waals surface area contributed by atoms with Crippen LogP contribution in [-0.2, 0) is 0 Å². The highest BCUT2D eigenvalue weighted by Crippen LogP contribution is 2.17. The molecule has 5 heteroatoms. The second kappa shape index (κ2) is 5.12. The minimum absolute atomic E-state index is 0.378. The first-order valence-corrected chi connectivity index (χ1v) is 5.36. The molecule has 1 aromatic carbocycles. The van der Waals surface area contributed by atoms with Gasteiger partial charge in [0.1, 0.15) is 11.4 Å². The normalized spacial score (nSPS) is 11.1. The Balaban J connectivity index is 2.60. The molecule has 0 amide bonds. The highest BCUT2D eigenvalue weighted by Gasteiger charge is 2.22. The number of anilines is 2. The van der Waals surface area contributed by atoms with Gasteiger partial charge in [0.05, 0.1) is 0 Å². The van der Waals surface area contributed by atoms with Crippen molar-refractivity contribution >= 4 is 11.4 Å². The monoisotopic (exact) mass is 225 g/mol. The lowest BCUT2D eigenvalue weighted by Gasteiger charge is -2.23. The van der Waals surface area contributed by atoms with Crippen LogP contribution < -0.4 is 21.1 Å². The van der Waals surface area contributed by atoms with E-state index in [2.05, 4.69) is 10.2 Å². The predicted octanol–water partition coefficient (Wildman–Crippen LogP) is -0.288. The van der Waals surface area contributed by atoms with Crippen molar-refractivity contribution < 1.29 is 0 Å². The van der Waals surface area contributed by atoms with Crippen LogP contribution in [0.4, 0.5) is 11.4 Å². The van der Waals surface area contributed by atoms with Gasteiger partial charge in [-0.05, 0) is 27.1 Å². The third kappa shape index (κ3) is 2.41.